The first-order valence-corrected chi connectivity index (χ1v) is 7.26. The highest BCUT2D eigenvalue weighted by Gasteiger charge is 2.40. The Kier molecular flexibility index (Phi) is 4.09. The number of carbonyl (C=O) groups is 1. The summed E-state index contributed by atoms with van der Waals surface area (Å²) in [5.41, 5.74) is 0. The SMILES string of the molecule is CC(C)C[C@H]1[C@H](O)C(=O)CCN1S(C)(=O)=O. The molecule has 0 saturated carbocycles. The van der Waals surface area contributed by atoms with Gasteiger partial charge in [-0.3, -0.25) is 4.79 Å². The number of piperidine rings is 1. The fourth-order valence-electron chi connectivity index (χ4n) is 2.05. The van der Waals surface area contributed by atoms with E-state index in [4.69, 9.17) is 0 Å². The van der Waals surface area contributed by atoms with Crippen LogP contribution in [-0.2, 0) is 14.8 Å². The van der Waals surface area contributed by atoms with E-state index in [1.165, 1.54) is 4.31 Å². The molecule has 0 radical (unpaired) electrons. The van der Waals surface area contributed by atoms with Crippen LogP contribution >= 0.6 is 0 Å². The normalized spacial score (nSPS) is 28.7. The molecule has 0 aliphatic carbocycles. The van der Waals surface area contributed by atoms with Crippen LogP contribution in [0.15, 0.2) is 0 Å². The van der Waals surface area contributed by atoms with Gasteiger partial charge in [-0.25, -0.2) is 8.42 Å². The largest absolute Gasteiger partial charge is 0.384 e. The molecule has 5 nitrogen and oxygen atoms in total. The zero-order chi connectivity index (χ0) is 12.5. The maximum Gasteiger partial charge on any atom is 0.211 e. The fourth-order valence-corrected chi connectivity index (χ4v) is 3.16. The Morgan fingerprint density at radius 1 is 1.50 bits per heavy atom. The number of aliphatic hydroxyl groups excluding tert-OH is 1. The minimum Gasteiger partial charge on any atom is -0.384 e. The van der Waals surface area contributed by atoms with Crippen molar-refractivity contribution < 1.29 is 18.3 Å². The first-order valence-electron chi connectivity index (χ1n) is 5.41. The average Bonchev–Trinajstić information content (AvgIpc) is 2.10. The van der Waals surface area contributed by atoms with Crippen LogP contribution in [0.3, 0.4) is 0 Å². The van der Waals surface area contributed by atoms with Gasteiger partial charge in [-0.1, -0.05) is 13.8 Å². The summed E-state index contributed by atoms with van der Waals surface area (Å²) in [6, 6.07) is -0.601. The lowest BCUT2D eigenvalue weighted by molar-refractivity contribution is -0.133. The third kappa shape index (κ3) is 3.02. The third-order valence-electron chi connectivity index (χ3n) is 2.78. The van der Waals surface area contributed by atoms with Gasteiger partial charge in [0, 0.05) is 13.0 Å². The number of hydrogen-bond donors (Lipinski definition) is 1. The van der Waals surface area contributed by atoms with Crippen LogP contribution in [-0.4, -0.2) is 48.6 Å². The summed E-state index contributed by atoms with van der Waals surface area (Å²) in [6.45, 7) is 4.06. The fraction of sp³-hybridized carbons (Fsp3) is 0.900. The van der Waals surface area contributed by atoms with Gasteiger partial charge in [0.25, 0.3) is 0 Å². The number of aliphatic hydroxyl groups is 1. The van der Waals surface area contributed by atoms with Gasteiger partial charge in [-0.2, -0.15) is 4.31 Å². The minimum atomic E-state index is -3.36. The molecule has 0 aromatic rings. The van der Waals surface area contributed by atoms with E-state index in [-0.39, 0.29) is 24.7 Å². The van der Waals surface area contributed by atoms with Crippen molar-refractivity contribution >= 4 is 15.8 Å². The van der Waals surface area contributed by atoms with Crippen molar-refractivity contribution in [1.82, 2.24) is 4.31 Å². The standard InChI is InChI=1S/C10H19NO4S/c1-7(2)6-8-10(13)9(12)4-5-11(8)16(3,14)15/h7-8,10,13H,4-6H2,1-3H3/t8-,10-/m0/s1. The van der Waals surface area contributed by atoms with Crippen LogP contribution in [0.4, 0.5) is 0 Å². The van der Waals surface area contributed by atoms with Crippen molar-refractivity contribution in [1.29, 1.82) is 0 Å². The minimum absolute atomic E-state index is 0.100. The summed E-state index contributed by atoms with van der Waals surface area (Å²) in [7, 11) is -3.36. The molecule has 1 saturated heterocycles. The Hall–Kier alpha value is -0.460. The maximum atomic E-state index is 11.5. The number of nitrogens with zero attached hydrogens (tertiary/aromatic N) is 1. The summed E-state index contributed by atoms with van der Waals surface area (Å²) < 4.78 is 24.3. The molecule has 1 heterocycles. The molecule has 0 bridgehead atoms. The first-order chi connectivity index (χ1) is 7.23. The van der Waals surface area contributed by atoms with Crippen molar-refractivity contribution in [2.45, 2.75) is 38.8 Å². The highest BCUT2D eigenvalue weighted by molar-refractivity contribution is 7.88. The number of ketones is 1. The van der Waals surface area contributed by atoms with E-state index < -0.39 is 22.2 Å². The van der Waals surface area contributed by atoms with E-state index in [0.717, 1.165) is 6.26 Å². The van der Waals surface area contributed by atoms with Crippen LogP contribution in [0.5, 0.6) is 0 Å². The predicted molar refractivity (Wildman–Crippen MR) is 60.4 cm³/mol. The van der Waals surface area contributed by atoms with E-state index in [2.05, 4.69) is 0 Å². The molecule has 1 aliphatic rings. The summed E-state index contributed by atoms with van der Waals surface area (Å²) in [4.78, 5) is 11.4. The zero-order valence-electron chi connectivity index (χ0n) is 9.88. The van der Waals surface area contributed by atoms with E-state index in [0.29, 0.717) is 6.42 Å². The molecule has 2 atom stereocenters. The van der Waals surface area contributed by atoms with E-state index >= 15 is 0 Å². The Morgan fingerprint density at radius 3 is 2.50 bits per heavy atom. The molecule has 1 fully saturated rings. The number of rotatable bonds is 3. The monoisotopic (exact) mass is 249 g/mol. The van der Waals surface area contributed by atoms with Gasteiger partial charge in [0.1, 0.15) is 6.10 Å². The summed E-state index contributed by atoms with van der Waals surface area (Å²) in [5.74, 6) is -0.0275. The molecular weight excluding hydrogens is 230 g/mol. The number of Topliss-reactive ketones (excluding diaryl/α,β-unsaturated/α-hetero) is 1. The van der Waals surface area contributed by atoms with Crippen LogP contribution in [0, 0.1) is 5.92 Å². The van der Waals surface area contributed by atoms with Gasteiger partial charge in [-0.15, -0.1) is 0 Å². The van der Waals surface area contributed by atoms with Crippen molar-refractivity contribution in [3.05, 3.63) is 0 Å². The molecule has 0 unspecified atom stereocenters. The Balaban J connectivity index is 2.94. The van der Waals surface area contributed by atoms with E-state index in [1.54, 1.807) is 0 Å². The quantitative estimate of drug-likeness (QED) is 0.764. The highest BCUT2D eigenvalue weighted by Crippen LogP contribution is 2.23. The lowest BCUT2D eigenvalue weighted by atomic mass is 9.93. The molecular formula is C10H19NO4S. The second-order valence-corrected chi connectivity index (χ2v) is 6.67. The topological polar surface area (TPSA) is 74.7 Å². The van der Waals surface area contributed by atoms with Crippen LogP contribution in [0.25, 0.3) is 0 Å². The molecule has 94 valence electrons. The van der Waals surface area contributed by atoms with E-state index in [1.807, 2.05) is 13.8 Å². The van der Waals surface area contributed by atoms with Crippen LogP contribution < -0.4 is 0 Å². The van der Waals surface area contributed by atoms with Gasteiger partial charge in [0.2, 0.25) is 10.0 Å². The van der Waals surface area contributed by atoms with Crippen LogP contribution in [0.1, 0.15) is 26.7 Å². The smallest absolute Gasteiger partial charge is 0.211 e. The first kappa shape index (κ1) is 13.6. The molecule has 0 aromatic carbocycles. The zero-order valence-corrected chi connectivity index (χ0v) is 10.7. The Bertz CT molecular complexity index is 363. The second-order valence-electron chi connectivity index (χ2n) is 4.73. The number of carbonyl (C=O) groups excluding carboxylic acids is 1. The molecule has 0 spiro atoms. The van der Waals surface area contributed by atoms with Crippen molar-refractivity contribution in [3.63, 3.8) is 0 Å². The average molecular weight is 249 g/mol. The molecule has 1 N–H and O–H groups in total. The van der Waals surface area contributed by atoms with Gasteiger partial charge >= 0.3 is 0 Å². The maximum absolute atomic E-state index is 11.5. The summed E-state index contributed by atoms with van der Waals surface area (Å²) >= 11 is 0. The van der Waals surface area contributed by atoms with Crippen molar-refractivity contribution in [2.75, 3.05) is 12.8 Å². The molecule has 1 rings (SSSR count). The van der Waals surface area contributed by atoms with Crippen molar-refractivity contribution in [3.8, 4) is 0 Å². The number of hydrogen-bond acceptors (Lipinski definition) is 4. The predicted octanol–water partition coefficient (Wildman–Crippen LogP) is -0.00360. The molecule has 16 heavy (non-hydrogen) atoms. The Labute approximate surface area is 96.5 Å². The lowest BCUT2D eigenvalue weighted by Gasteiger charge is -2.37. The summed E-state index contributed by atoms with van der Waals surface area (Å²) in [6.07, 6.45) is 0.539. The number of sulfonamides is 1. The molecule has 0 aromatic heterocycles. The third-order valence-corrected chi connectivity index (χ3v) is 4.09. The van der Waals surface area contributed by atoms with E-state index in [9.17, 15) is 18.3 Å². The van der Waals surface area contributed by atoms with Gasteiger partial charge in [-0.05, 0) is 12.3 Å². The molecule has 0 amide bonds. The molecule has 6 heteroatoms. The summed E-state index contributed by atoms with van der Waals surface area (Å²) in [5, 5.41) is 9.76. The molecule has 1 aliphatic heterocycles. The second kappa shape index (κ2) is 4.81. The van der Waals surface area contributed by atoms with Crippen LogP contribution in [0.2, 0.25) is 0 Å². The van der Waals surface area contributed by atoms with Gasteiger partial charge < -0.3 is 5.11 Å². The Morgan fingerprint density at radius 2 is 2.06 bits per heavy atom. The lowest BCUT2D eigenvalue weighted by Crippen LogP contribution is -2.55. The van der Waals surface area contributed by atoms with Gasteiger partial charge in [0.15, 0.2) is 5.78 Å². The van der Waals surface area contributed by atoms with Gasteiger partial charge in [0.05, 0.1) is 12.3 Å². The van der Waals surface area contributed by atoms with Crippen molar-refractivity contribution in [2.24, 2.45) is 5.92 Å². The highest BCUT2D eigenvalue weighted by atomic mass is 32.2.